The number of amides is 2. The van der Waals surface area contributed by atoms with Gasteiger partial charge in [0.1, 0.15) is 5.75 Å². The number of fused-ring (bicyclic) bond motifs is 2. The van der Waals surface area contributed by atoms with Crippen molar-refractivity contribution >= 4 is 28.9 Å². The van der Waals surface area contributed by atoms with E-state index < -0.39 is 16.1 Å². The topological polar surface area (TPSA) is 114 Å². The summed E-state index contributed by atoms with van der Waals surface area (Å²) in [5.74, 6) is 1.22. The summed E-state index contributed by atoms with van der Waals surface area (Å²) in [7, 11) is -4.44. The minimum Gasteiger partial charge on any atom is -0.508 e. The number of sulfonamides is 1. The van der Waals surface area contributed by atoms with Crippen molar-refractivity contribution < 1.29 is 27.6 Å². The van der Waals surface area contributed by atoms with E-state index in [0.717, 1.165) is 61.8 Å². The zero-order valence-corrected chi connectivity index (χ0v) is 25.6. The maximum Gasteiger partial charge on any atom is 0.457 e. The molecule has 3 N–H and O–H groups in total. The molecule has 2 aromatic carbocycles. The Bertz CT molecular complexity index is 1530. The van der Waals surface area contributed by atoms with Gasteiger partial charge in [-0.25, -0.2) is 17.9 Å². The van der Waals surface area contributed by atoms with Gasteiger partial charge in [0, 0.05) is 5.69 Å². The van der Waals surface area contributed by atoms with Crippen LogP contribution in [0.25, 0.3) is 0 Å². The van der Waals surface area contributed by atoms with Gasteiger partial charge < -0.3 is 19.7 Å². The Kier molecular flexibility index (Phi) is 6.72. The number of nitrogens with one attached hydrogen (secondary N) is 2. The molecule has 6 aliphatic rings. The highest BCUT2D eigenvalue weighted by Gasteiger charge is 2.67. The summed E-state index contributed by atoms with van der Waals surface area (Å²) in [6, 6.07) is 5.67. The molecular weight excluding hydrogens is 551 g/mol. The second kappa shape index (κ2) is 9.99. The summed E-state index contributed by atoms with van der Waals surface area (Å²) in [4.78, 5) is 12.9. The van der Waals surface area contributed by atoms with Crippen molar-refractivity contribution in [3.05, 3.63) is 52.1 Å². The van der Waals surface area contributed by atoms with Crippen molar-refractivity contribution in [2.75, 3.05) is 5.32 Å². The molecule has 10 heteroatoms. The number of aromatic hydroxyl groups is 1. The number of aryl methyl sites for hydroxylation is 3. The van der Waals surface area contributed by atoms with Gasteiger partial charge in [-0.1, -0.05) is 26.3 Å². The fourth-order valence-electron chi connectivity index (χ4n) is 8.75. The van der Waals surface area contributed by atoms with Crippen LogP contribution < -0.4 is 10.0 Å². The summed E-state index contributed by atoms with van der Waals surface area (Å²) in [5.41, 5.74) is 6.14. The number of rotatable bonds is 7. The van der Waals surface area contributed by atoms with Crippen molar-refractivity contribution in [3.63, 3.8) is 0 Å². The van der Waals surface area contributed by atoms with Crippen LogP contribution in [-0.4, -0.2) is 38.4 Å². The Morgan fingerprint density at radius 3 is 2.45 bits per heavy atom. The molecule has 42 heavy (non-hydrogen) atoms. The molecule has 0 radical (unpaired) electrons. The summed E-state index contributed by atoms with van der Waals surface area (Å²) in [6.07, 6.45) is 10.00. The average molecular weight is 593 g/mol. The summed E-state index contributed by atoms with van der Waals surface area (Å²) < 4.78 is 41.5. The molecule has 8 rings (SSSR count). The smallest absolute Gasteiger partial charge is 0.457 e. The molecule has 224 valence electrons. The van der Waals surface area contributed by atoms with E-state index in [1.54, 1.807) is 0 Å². The van der Waals surface area contributed by atoms with Crippen molar-refractivity contribution in [1.82, 2.24) is 4.72 Å². The predicted octanol–water partition coefficient (Wildman–Crippen LogP) is 5.54. The number of hydrogen-bond donors (Lipinski definition) is 3. The molecule has 4 atom stereocenters. The average Bonchev–Trinajstić information content (AvgIpc) is 3.66. The minimum absolute atomic E-state index is 0.0327. The first-order valence-electron chi connectivity index (χ1n) is 15.6. The molecular formula is C32H41BN2O6S. The Labute approximate surface area is 249 Å². The van der Waals surface area contributed by atoms with E-state index in [9.17, 15) is 18.3 Å². The summed E-state index contributed by atoms with van der Waals surface area (Å²) >= 11 is 0. The number of phenols is 1. The molecule has 1 saturated heterocycles. The Morgan fingerprint density at radius 1 is 1.05 bits per heavy atom. The lowest BCUT2D eigenvalue weighted by Crippen LogP contribution is -2.65. The number of benzene rings is 2. The van der Waals surface area contributed by atoms with Crippen LogP contribution in [-0.2, 0) is 51.4 Å². The monoisotopic (exact) mass is 592 g/mol. The van der Waals surface area contributed by atoms with Gasteiger partial charge in [0.15, 0.2) is 0 Å². The van der Waals surface area contributed by atoms with E-state index in [1.807, 2.05) is 0 Å². The standard InChI is InChI=1S/C32H41BN2O6S/c1-31(2)22-17-27(31)32(3)28(18-22)40-33(41-32)14-6-9-21-16-23(12-13-26(21)36)42(38,39)35-30(37)34-29-24-10-4-7-19(24)15-20-8-5-11-25(20)29/h12-13,15-16,22,27-28,36H,4-11,14,17-18H2,1-3H3,(H2,34,35,37)/t22-,27-,28+,32-/m0/s1. The molecule has 1 heterocycles. The lowest BCUT2D eigenvalue weighted by molar-refractivity contribution is -0.199. The third-order valence-electron chi connectivity index (χ3n) is 11.2. The van der Waals surface area contributed by atoms with Crippen LogP contribution in [0, 0.1) is 17.3 Å². The van der Waals surface area contributed by atoms with Gasteiger partial charge in [-0.05, 0) is 134 Å². The first kappa shape index (κ1) is 28.2. The second-order valence-corrected chi connectivity index (χ2v) is 15.6. The van der Waals surface area contributed by atoms with E-state index in [-0.39, 0.29) is 34.9 Å². The number of urea groups is 1. The van der Waals surface area contributed by atoms with Gasteiger partial charge in [-0.3, -0.25) is 0 Å². The fraction of sp³-hybridized carbons (Fsp3) is 0.594. The maximum absolute atomic E-state index is 13.2. The van der Waals surface area contributed by atoms with Crippen LogP contribution in [0.15, 0.2) is 29.2 Å². The molecule has 0 unspecified atom stereocenters. The molecule has 2 amide bonds. The SMILES string of the molecule is CC1(C)[C@@H]2C[C@H]3OB(CCCc4cc(S(=O)(=O)NC(=O)Nc5c6c(cc7c5CCC7)CCC6)ccc4O)O[C@@]3(C)[C@H]1C2. The van der Waals surface area contributed by atoms with Gasteiger partial charge in [-0.2, -0.15) is 0 Å². The third kappa shape index (κ3) is 4.56. The van der Waals surface area contributed by atoms with Gasteiger partial charge in [0.25, 0.3) is 10.0 Å². The molecule has 5 aliphatic carbocycles. The Morgan fingerprint density at radius 2 is 1.76 bits per heavy atom. The summed E-state index contributed by atoms with van der Waals surface area (Å²) in [5, 5.41) is 13.4. The Hall–Kier alpha value is -2.56. The predicted molar refractivity (Wildman–Crippen MR) is 161 cm³/mol. The molecule has 2 aromatic rings. The zero-order valence-electron chi connectivity index (χ0n) is 24.8. The van der Waals surface area contributed by atoms with Gasteiger partial charge in [0.05, 0.1) is 16.6 Å². The van der Waals surface area contributed by atoms with Gasteiger partial charge >= 0.3 is 13.1 Å². The van der Waals surface area contributed by atoms with E-state index in [4.69, 9.17) is 9.31 Å². The quantitative estimate of drug-likeness (QED) is 0.364. The summed E-state index contributed by atoms with van der Waals surface area (Å²) in [6.45, 7) is 6.87. The molecule has 3 saturated carbocycles. The number of anilines is 1. The van der Waals surface area contributed by atoms with E-state index in [1.165, 1.54) is 35.7 Å². The largest absolute Gasteiger partial charge is 0.508 e. The molecule has 1 aliphatic heterocycles. The minimum atomic E-state index is -4.15. The van der Waals surface area contributed by atoms with Gasteiger partial charge in [0.2, 0.25) is 0 Å². The maximum atomic E-state index is 13.2. The van der Waals surface area contributed by atoms with E-state index in [0.29, 0.717) is 36.6 Å². The molecule has 0 spiro atoms. The van der Waals surface area contributed by atoms with Gasteiger partial charge in [-0.15, -0.1) is 0 Å². The Balaban J connectivity index is 0.990. The first-order chi connectivity index (χ1) is 20.0. The van der Waals surface area contributed by atoms with Crippen molar-refractivity contribution in [2.24, 2.45) is 17.3 Å². The lowest BCUT2D eigenvalue weighted by atomic mass is 9.43. The number of carbonyl (C=O) groups is 1. The second-order valence-electron chi connectivity index (χ2n) is 13.9. The van der Waals surface area contributed by atoms with Crippen LogP contribution >= 0.6 is 0 Å². The molecule has 8 nitrogen and oxygen atoms in total. The molecule has 2 bridgehead atoms. The highest BCUT2D eigenvalue weighted by Crippen LogP contribution is 2.65. The van der Waals surface area contributed by atoms with E-state index in [2.05, 4.69) is 36.9 Å². The van der Waals surface area contributed by atoms with Crippen LogP contribution in [0.2, 0.25) is 6.32 Å². The highest BCUT2D eigenvalue weighted by molar-refractivity contribution is 7.90. The molecule has 0 aromatic heterocycles. The number of carbonyl (C=O) groups excluding carboxylic acids is 1. The van der Waals surface area contributed by atoms with Crippen LogP contribution in [0.4, 0.5) is 10.5 Å². The molecule has 4 fully saturated rings. The lowest BCUT2D eigenvalue weighted by Gasteiger charge is -2.64. The van der Waals surface area contributed by atoms with Crippen LogP contribution in [0.5, 0.6) is 5.75 Å². The fourth-order valence-corrected chi connectivity index (χ4v) is 9.71. The van der Waals surface area contributed by atoms with Crippen molar-refractivity contribution in [1.29, 1.82) is 0 Å². The zero-order chi connectivity index (χ0) is 29.4. The highest BCUT2D eigenvalue weighted by atomic mass is 32.2. The van der Waals surface area contributed by atoms with Crippen molar-refractivity contribution in [2.45, 2.75) is 108 Å². The number of hydrogen-bond acceptors (Lipinski definition) is 6. The number of phenolic OH excluding ortho intramolecular Hbond substituents is 1. The van der Waals surface area contributed by atoms with Crippen LogP contribution in [0.1, 0.15) is 80.7 Å². The first-order valence-corrected chi connectivity index (χ1v) is 17.1. The van der Waals surface area contributed by atoms with E-state index >= 15 is 0 Å². The third-order valence-corrected chi connectivity index (χ3v) is 12.5. The normalized spacial score (nSPS) is 28.5. The van der Waals surface area contributed by atoms with Crippen molar-refractivity contribution in [3.8, 4) is 5.75 Å². The van der Waals surface area contributed by atoms with Crippen LogP contribution in [0.3, 0.4) is 0 Å².